The van der Waals surface area contributed by atoms with E-state index in [1.165, 1.54) is 0 Å². The fourth-order valence-corrected chi connectivity index (χ4v) is 2.36. The minimum Gasteiger partial charge on any atom is -0.315 e. The van der Waals surface area contributed by atoms with Gasteiger partial charge < -0.3 is 4.57 Å². The van der Waals surface area contributed by atoms with E-state index in [-0.39, 0.29) is 0 Å². The van der Waals surface area contributed by atoms with Gasteiger partial charge in [-0.3, -0.25) is 0 Å². The summed E-state index contributed by atoms with van der Waals surface area (Å²) in [5, 5.41) is 1.03. The number of hydrogen-bond acceptors (Lipinski definition) is 2. The van der Waals surface area contributed by atoms with Crippen LogP contribution in [0.5, 0.6) is 0 Å². The summed E-state index contributed by atoms with van der Waals surface area (Å²) in [6.45, 7) is 8.30. The highest BCUT2D eigenvalue weighted by Gasteiger charge is 2.08. The normalized spacial score (nSPS) is 10.5. The molecule has 0 aliphatic carbocycles. The Kier molecular flexibility index (Phi) is 3.47. The highest BCUT2D eigenvalue weighted by Crippen LogP contribution is 2.23. The third-order valence-corrected chi connectivity index (χ3v) is 3.23. The first kappa shape index (κ1) is 11.0. The van der Waals surface area contributed by atoms with E-state index in [0.29, 0.717) is 0 Å². The van der Waals surface area contributed by atoms with Crippen LogP contribution in [0.3, 0.4) is 0 Å². The average Bonchev–Trinajstić information content (AvgIpc) is 2.66. The van der Waals surface area contributed by atoms with Crippen LogP contribution in [0.4, 0.5) is 0 Å². The number of benzene rings is 1. The molecule has 2 nitrogen and oxygen atoms in total. The minimum atomic E-state index is 0.792. The van der Waals surface area contributed by atoms with Gasteiger partial charge in [0.25, 0.3) is 0 Å². The van der Waals surface area contributed by atoms with Crippen molar-refractivity contribution >= 4 is 22.8 Å². The Labute approximate surface area is 99.7 Å². The SMILES string of the molecule is C=CCSc1nc2ccccc2n1CC=C. The zero-order valence-corrected chi connectivity index (χ0v) is 9.91. The lowest BCUT2D eigenvalue weighted by molar-refractivity contribution is 0.749. The quantitative estimate of drug-likeness (QED) is 0.578. The van der Waals surface area contributed by atoms with Gasteiger partial charge in [0.15, 0.2) is 5.16 Å². The van der Waals surface area contributed by atoms with Crippen molar-refractivity contribution in [3.8, 4) is 0 Å². The molecule has 1 aromatic carbocycles. The first-order valence-electron chi connectivity index (χ1n) is 5.16. The average molecular weight is 230 g/mol. The van der Waals surface area contributed by atoms with Crippen LogP contribution < -0.4 is 0 Å². The van der Waals surface area contributed by atoms with Crippen LogP contribution in [-0.4, -0.2) is 15.3 Å². The van der Waals surface area contributed by atoms with Crippen LogP contribution in [0.15, 0.2) is 54.7 Å². The summed E-state index contributed by atoms with van der Waals surface area (Å²) in [5.74, 6) is 0.875. The molecule has 3 heteroatoms. The Morgan fingerprint density at radius 2 is 2.06 bits per heavy atom. The van der Waals surface area contributed by atoms with Gasteiger partial charge in [0.05, 0.1) is 11.0 Å². The van der Waals surface area contributed by atoms with Gasteiger partial charge >= 0.3 is 0 Å². The predicted molar refractivity (Wildman–Crippen MR) is 70.9 cm³/mol. The van der Waals surface area contributed by atoms with E-state index in [1.54, 1.807) is 11.8 Å². The van der Waals surface area contributed by atoms with Crippen molar-refractivity contribution in [3.05, 3.63) is 49.6 Å². The van der Waals surface area contributed by atoms with Crippen molar-refractivity contribution < 1.29 is 0 Å². The summed E-state index contributed by atoms with van der Waals surface area (Å²) >= 11 is 1.70. The second kappa shape index (κ2) is 5.03. The largest absolute Gasteiger partial charge is 0.315 e. The zero-order chi connectivity index (χ0) is 11.4. The third-order valence-electron chi connectivity index (χ3n) is 2.26. The van der Waals surface area contributed by atoms with Gasteiger partial charge in [-0.1, -0.05) is 36.0 Å². The molecule has 0 spiro atoms. The van der Waals surface area contributed by atoms with Crippen molar-refractivity contribution in [1.82, 2.24) is 9.55 Å². The van der Waals surface area contributed by atoms with Crippen molar-refractivity contribution in [2.75, 3.05) is 5.75 Å². The first-order valence-corrected chi connectivity index (χ1v) is 6.15. The van der Waals surface area contributed by atoms with Crippen LogP contribution in [0.1, 0.15) is 0 Å². The summed E-state index contributed by atoms with van der Waals surface area (Å²) in [6, 6.07) is 8.16. The second-order valence-corrected chi connectivity index (χ2v) is 4.37. The van der Waals surface area contributed by atoms with Crippen LogP contribution in [0.25, 0.3) is 11.0 Å². The van der Waals surface area contributed by atoms with Crippen LogP contribution in [0, 0.1) is 0 Å². The first-order chi connectivity index (χ1) is 7.86. The molecular formula is C13H14N2S. The molecule has 0 atom stereocenters. The van der Waals surface area contributed by atoms with Crippen LogP contribution >= 0.6 is 11.8 Å². The van der Waals surface area contributed by atoms with E-state index in [4.69, 9.17) is 0 Å². The van der Waals surface area contributed by atoms with Gasteiger partial charge in [-0.05, 0) is 12.1 Å². The molecule has 0 aliphatic heterocycles. The smallest absolute Gasteiger partial charge is 0.169 e. The number of thioether (sulfide) groups is 1. The Balaban J connectivity index is 2.48. The number of allylic oxidation sites excluding steroid dienone is 1. The number of hydrogen-bond donors (Lipinski definition) is 0. The van der Waals surface area contributed by atoms with Crippen molar-refractivity contribution in [2.24, 2.45) is 0 Å². The molecule has 0 N–H and O–H groups in total. The maximum atomic E-state index is 4.60. The molecule has 0 saturated heterocycles. The Morgan fingerprint density at radius 1 is 1.25 bits per heavy atom. The molecule has 1 aromatic heterocycles. The lowest BCUT2D eigenvalue weighted by Gasteiger charge is -2.04. The molecule has 0 bridgehead atoms. The van der Waals surface area contributed by atoms with Gasteiger partial charge in [0.1, 0.15) is 0 Å². The van der Waals surface area contributed by atoms with Gasteiger partial charge in [0, 0.05) is 12.3 Å². The fourth-order valence-electron chi connectivity index (χ4n) is 1.60. The fraction of sp³-hybridized carbons (Fsp3) is 0.154. The summed E-state index contributed by atoms with van der Waals surface area (Å²) in [7, 11) is 0. The van der Waals surface area contributed by atoms with E-state index in [0.717, 1.165) is 28.5 Å². The lowest BCUT2D eigenvalue weighted by Crippen LogP contribution is -1.97. The topological polar surface area (TPSA) is 17.8 Å². The summed E-state index contributed by atoms with van der Waals surface area (Å²) < 4.78 is 2.18. The molecular weight excluding hydrogens is 216 g/mol. The molecule has 0 saturated carbocycles. The summed E-state index contributed by atoms with van der Waals surface area (Å²) in [6.07, 6.45) is 3.79. The van der Waals surface area contributed by atoms with Crippen LogP contribution in [0.2, 0.25) is 0 Å². The molecule has 2 aromatic rings. The van der Waals surface area contributed by atoms with Gasteiger partial charge in [-0.2, -0.15) is 0 Å². The van der Waals surface area contributed by atoms with Gasteiger partial charge in [0.2, 0.25) is 0 Å². The van der Waals surface area contributed by atoms with E-state index in [9.17, 15) is 0 Å². The molecule has 1 heterocycles. The highest BCUT2D eigenvalue weighted by molar-refractivity contribution is 7.99. The third kappa shape index (κ3) is 2.04. The lowest BCUT2D eigenvalue weighted by atomic mass is 10.3. The Bertz CT molecular complexity index is 514. The second-order valence-electron chi connectivity index (χ2n) is 3.38. The minimum absolute atomic E-state index is 0.792. The molecule has 2 rings (SSSR count). The molecule has 0 amide bonds. The van der Waals surface area contributed by atoms with Gasteiger partial charge in [-0.15, -0.1) is 13.2 Å². The molecule has 0 unspecified atom stereocenters. The summed E-state index contributed by atoms with van der Waals surface area (Å²) in [4.78, 5) is 4.60. The van der Waals surface area contributed by atoms with E-state index in [2.05, 4.69) is 28.8 Å². The highest BCUT2D eigenvalue weighted by atomic mass is 32.2. The molecule has 0 fully saturated rings. The van der Waals surface area contributed by atoms with Crippen molar-refractivity contribution in [2.45, 2.75) is 11.7 Å². The predicted octanol–water partition coefficient (Wildman–Crippen LogP) is 3.50. The molecule has 82 valence electrons. The molecule has 16 heavy (non-hydrogen) atoms. The maximum Gasteiger partial charge on any atom is 0.169 e. The van der Waals surface area contributed by atoms with E-state index < -0.39 is 0 Å². The number of fused-ring (bicyclic) bond motifs is 1. The molecule has 0 radical (unpaired) electrons. The number of imidazole rings is 1. The van der Waals surface area contributed by atoms with Crippen LogP contribution in [-0.2, 0) is 6.54 Å². The van der Waals surface area contributed by atoms with Gasteiger partial charge in [-0.25, -0.2) is 4.98 Å². The Hall–Kier alpha value is -1.48. The van der Waals surface area contributed by atoms with E-state index >= 15 is 0 Å². The zero-order valence-electron chi connectivity index (χ0n) is 9.10. The molecule has 0 aliphatic rings. The number of rotatable bonds is 5. The van der Waals surface area contributed by atoms with Crippen molar-refractivity contribution in [3.63, 3.8) is 0 Å². The maximum absolute atomic E-state index is 4.60. The number of para-hydroxylation sites is 2. The summed E-state index contributed by atoms with van der Waals surface area (Å²) in [5.41, 5.74) is 2.20. The van der Waals surface area contributed by atoms with Crippen molar-refractivity contribution in [1.29, 1.82) is 0 Å². The Morgan fingerprint density at radius 3 is 2.81 bits per heavy atom. The standard InChI is InChI=1S/C13H14N2S/c1-3-9-15-12-8-6-5-7-11(12)14-13(15)16-10-4-2/h3-8H,1-2,9-10H2. The van der Waals surface area contributed by atoms with E-state index in [1.807, 2.05) is 30.4 Å². The number of nitrogens with zero attached hydrogens (tertiary/aromatic N) is 2. The monoisotopic (exact) mass is 230 g/mol. The number of aromatic nitrogens is 2.